The number of nitriles is 1. The number of carbonyl (C=O) groups is 1. The number of anilines is 2. The van der Waals surface area contributed by atoms with Gasteiger partial charge in [0.05, 0.1) is 25.6 Å². The Kier molecular flexibility index (Phi) is 14.9. The number of aromatic nitrogens is 10. The molecule has 1 amide bonds. The van der Waals surface area contributed by atoms with Gasteiger partial charge in [0.25, 0.3) is 5.91 Å². The number of nitrogens with two attached hydrogens (primary N) is 1. The van der Waals surface area contributed by atoms with E-state index in [9.17, 15) is 14.6 Å². The molecule has 0 bridgehead atoms. The van der Waals surface area contributed by atoms with Gasteiger partial charge in [-0.1, -0.05) is 12.1 Å². The van der Waals surface area contributed by atoms with Gasteiger partial charge in [0, 0.05) is 110 Å². The van der Waals surface area contributed by atoms with E-state index in [1.165, 1.54) is 0 Å². The van der Waals surface area contributed by atoms with Crippen molar-refractivity contribution in [3.05, 3.63) is 120 Å². The van der Waals surface area contributed by atoms with Crippen LogP contribution < -0.4 is 25.8 Å². The van der Waals surface area contributed by atoms with Crippen molar-refractivity contribution < 1.29 is 18.8 Å². The summed E-state index contributed by atoms with van der Waals surface area (Å²) < 4.78 is 24.6. The zero-order valence-corrected chi connectivity index (χ0v) is 35.5. The van der Waals surface area contributed by atoms with Gasteiger partial charge in [-0.25, -0.2) is 9.97 Å². The lowest BCUT2D eigenvalue weighted by Gasteiger charge is -2.09. The summed E-state index contributed by atoms with van der Waals surface area (Å²) in [6.07, 6.45) is 13.0. The lowest BCUT2D eigenvalue weighted by Crippen LogP contribution is -2.17. The maximum absolute atomic E-state index is 11.6. The molecule has 18 nitrogen and oxygen atoms in total. The highest BCUT2D eigenvalue weighted by Gasteiger charge is 2.40. The minimum absolute atomic E-state index is 0.0803. The van der Waals surface area contributed by atoms with Crippen LogP contribution in [0.25, 0.3) is 0 Å². The van der Waals surface area contributed by atoms with E-state index in [2.05, 4.69) is 84.5 Å². The van der Waals surface area contributed by atoms with Crippen molar-refractivity contribution in [1.82, 2.24) is 49.5 Å². The first-order valence-corrected chi connectivity index (χ1v) is 22.9. The Balaban J connectivity index is 0.000000181. The molecule has 4 atom stereocenters. The molecule has 2 aliphatic rings. The molecule has 22 heteroatoms. The number of rotatable bonds is 15. The van der Waals surface area contributed by atoms with Gasteiger partial charge >= 0.3 is 5.20 Å². The number of nitrogens with one attached hydrogen (secondary N) is 2. The van der Waals surface area contributed by atoms with Crippen molar-refractivity contribution in [3.8, 4) is 17.8 Å². The summed E-state index contributed by atoms with van der Waals surface area (Å²) in [4.78, 5) is 36.9. The molecule has 8 rings (SSSR count). The molecule has 60 heavy (non-hydrogen) atoms. The van der Waals surface area contributed by atoms with E-state index in [0.29, 0.717) is 73.4 Å². The number of amides is 1. The maximum atomic E-state index is 11.6. The van der Waals surface area contributed by atoms with Crippen molar-refractivity contribution in [1.29, 1.82) is 5.26 Å². The molecule has 312 valence electrons. The van der Waals surface area contributed by atoms with E-state index in [1.807, 2.05) is 75.2 Å². The summed E-state index contributed by atoms with van der Waals surface area (Å²) in [5.41, 5.74) is 9.55. The first-order valence-electron chi connectivity index (χ1n) is 18.5. The Hall–Kier alpha value is -5.86. The van der Waals surface area contributed by atoms with Gasteiger partial charge in [0.2, 0.25) is 23.4 Å². The lowest BCUT2D eigenvalue weighted by molar-refractivity contribution is 0.0989. The molecule has 0 aromatic carbocycles. The summed E-state index contributed by atoms with van der Waals surface area (Å²) in [6, 6.07) is 17.3. The summed E-state index contributed by atoms with van der Waals surface area (Å²) in [5, 5.41) is 20.5. The Labute approximate surface area is 359 Å². The summed E-state index contributed by atoms with van der Waals surface area (Å²) in [5.74, 6) is 2.70. The van der Waals surface area contributed by atoms with Crippen molar-refractivity contribution in [2.24, 2.45) is 31.7 Å². The predicted molar refractivity (Wildman–Crippen MR) is 225 cm³/mol. The van der Waals surface area contributed by atoms with Crippen LogP contribution >= 0.6 is 38.9 Å². The molecule has 6 aromatic rings. The van der Waals surface area contributed by atoms with E-state index in [1.54, 1.807) is 40.1 Å². The largest absolute Gasteiger partial charge is 0.477 e. The average Bonchev–Trinajstić information content (AvgIpc) is 4.11. The SMILES string of the molecule is Cn1cc(CNc2cc(OC[C@H]3C[C@@H]3c3ccccn3)nc(C#N)n2)cn1.Cn1cc(CNc2cc(OC[C@H]3C[C@@H]3c3ccccn3)nc(C(N)=O)n2)cn1.O=P(Cl)(Cl)Cl. The Morgan fingerprint density at radius 1 is 0.817 bits per heavy atom. The van der Waals surface area contributed by atoms with Gasteiger partial charge in [-0.3, -0.25) is 28.7 Å². The number of halogens is 3. The molecular weight excluding hydrogens is 854 g/mol. The zero-order chi connectivity index (χ0) is 42.6. The highest BCUT2D eigenvalue weighted by molar-refractivity contribution is 8.24. The van der Waals surface area contributed by atoms with E-state index >= 15 is 0 Å². The van der Waals surface area contributed by atoms with Crippen molar-refractivity contribution in [2.75, 3.05) is 23.8 Å². The minimum Gasteiger partial charge on any atom is -0.477 e. The van der Waals surface area contributed by atoms with Gasteiger partial charge in [-0.2, -0.15) is 25.4 Å². The van der Waals surface area contributed by atoms with Crippen LogP contribution in [0.5, 0.6) is 11.8 Å². The number of primary amides is 1. The third-order valence-electron chi connectivity index (χ3n) is 9.06. The fourth-order valence-electron chi connectivity index (χ4n) is 6.01. The standard InChI is InChI=1S/C19H21N7O2.C19H19N7O.Cl3OP/c1-26-10-12(9-23-26)8-22-16-7-17(25-19(24-16)18(20)27)28-11-13-6-14(13)15-4-2-3-5-21-15;1-26-11-13(10-23-26)9-22-17-7-19(25-18(8-20)24-17)27-12-14-6-15(14)16-4-2-3-5-21-16;1-5(2,3)4/h2-5,7,9-10,13-14H,6,8,11H2,1H3,(H2,20,27)(H,22,24,25);2-5,7,10-11,14-15H,6,9,12H2,1H3,(H,22,24,25);/t13-,14+;14-,15+;/m11./s1. The average molecular weight is 894 g/mol. The molecule has 2 saturated carbocycles. The number of ether oxygens (including phenoxy) is 2. The van der Waals surface area contributed by atoms with Crippen LogP contribution in [-0.4, -0.2) is 68.6 Å². The van der Waals surface area contributed by atoms with E-state index in [4.69, 9.17) is 15.2 Å². The quantitative estimate of drug-likeness (QED) is 0.0923. The van der Waals surface area contributed by atoms with Gasteiger partial charge in [0.1, 0.15) is 17.7 Å². The fourth-order valence-corrected chi connectivity index (χ4v) is 6.01. The predicted octanol–water partition coefficient (Wildman–Crippen LogP) is 6.58. The Morgan fingerprint density at radius 2 is 1.30 bits per heavy atom. The highest BCUT2D eigenvalue weighted by atomic mass is 36.0. The van der Waals surface area contributed by atoms with Crippen molar-refractivity contribution in [3.63, 3.8) is 0 Å². The van der Waals surface area contributed by atoms with Crippen LogP contribution in [0.15, 0.2) is 85.7 Å². The minimum atomic E-state index is -3.22. The smallest absolute Gasteiger partial charge is 0.339 e. The van der Waals surface area contributed by atoms with Gasteiger partial charge in [-0.05, 0) is 70.8 Å². The van der Waals surface area contributed by atoms with Crippen LogP contribution in [0.1, 0.15) is 63.6 Å². The van der Waals surface area contributed by atoms with Crippen molar-refractivity contribution in [2.45, 2.75) is 37.8 Å². The molecule has 0 unspecified atom stereocenters. The monoisotopic (exact) mass is 892 g/mol. The van der Waals surface area contributed by atoms with Crippen LogP contribution in [0.2, 0.25) is 0 Å². The molecule has 0 saturated heterocycles. The maximum Gasteiger partial charge on any atom is 0.339 e. The number of carbonyl (C=O) groups excluding carboxylic acids is 1. The lowest BCUT2D eigenvalue weighted by atomic mass is 10.2. The second kappa shape index (κ2) is 20.4. The molecular formula is C38H40Cl3N14O4P. The number of hydrogen-bond acceptors (Lipinski definition) is 15. The number of pyridine rings is 2. The van der Waals surface area contributed by atoms with Crippen LogP contribution in [0, 0.1) is 23.2 Å². The second-order valence-corrected chi connectivity index (χ2v) is 20.4. The summed E-state index contributed by atoms with van der Waals surface area (Å²) in [7, 11) is 3.71. The first-order chi connectivity index (χ1) is 28.8. The molecule has 2 aliphatic carbocycles. The highest BCUT2D eigenvalue weighted by Crippen LogP contribution is 2.61. The third kappa shape index (κ3) is 14.2. The van der Waals surface area contributed by atoms with Crippen LogP contribution in [0.4, 0.5) is 11.6 Å². The van der Waals surface area contributed by atoms with Crippen LogP contribution in [0.3, 0.4) is 0 Å². The Bertz CT molecular complexity index is 2440. The van der Waals surface area contributed by atoms with E-state index in [0.717, 1.165) is 35.4 Å². The molecule has 6 aromatic heterocycles. The summed E-state index contributed by atoms with van der Waals surface area (Å²) in [6.45, 7) is 2.11. The molecule has 2 fully saturated rings. The molecule has 4 N–H and O–H groups in total. The van der Waals surface area contributed by atoms with Crippen LogP contribution in [-0.2, 0) is 31.7 Å². The van der Waals surface area contributed by atoms with Gasteiger partial charge in [0.15, 0.2) is 0 Å². The molecule has 0 aliphatic heterocycles. The molecule has 0 radical (unpaired) electrons. The van der Waals surface area contributed by atoms with Gasteiger partial charge in [-0.15, -0.1) is 0 Å². The fraction of sp³-hybridized carbons (Fsp3) is 0.316. The third-order valence-corrected chi connectivity index (χ3v) is 9.06. The number of aryl methyl sites for hydroxylation is 2. The topological polar surface area (TPSA) is 239 Å². The molecule has 0 spiro atoms. The van der Waals surface area contributed by atoms with Crippen molar-refractivity contribution >= 4 is 56.5 Å². The Morgan fingerprint density at radius 3 is 1.72 bits per heavy atom. The zero-order valence-electron chi connectivity index (χ0n) is 32.3. The normalized spacial score (nSPS) is 17.4. The summed E-state index contributed by atoms with van der Waals surface area (Å²) >= 11 is 13.8. The van der Waals surface area contributed by atoms with E-state index in [-0.39, 0.29) is 11.6 Å². The first kappa shape index (κ1) is 43.7. The van der Waals surface area contributed by atoms with E-state index < -0.39 is 11.1 Å². The molecule has 6 heterocycles. The number of nitrogens with zero attached hydrogens (tertiary/aromatic N) is 11. The second-order valence-electron chi connectivity index (χ2n) is 13.8. The van der Waals surface area contributed by atoms with Gasteiger partial charge < -0.3 is 25.8 Å². The number of hydrogen-bond donors (Lipinski definition) is 3.